The van der Waals surface area contributed by atoms with Crippen LogP contribution >= 0.6 is 0 Å². The standard InChI is InChI=1S/C9H13NO2/c1-8(2)3-4-9(8)5-6(11)10-7(9)12/h3-5H2,1-2H3,(H,10,11,12). The summed E-state index contributed by atoms with van der Waals surface area (Å²) in [6.07, 6.45) is 2.32. The molecule has 66 valence electrons. The van der Waals surface area contributed by atoms with Gasteiger partial charge in [0, 0.05) is 6.42 Å². The lowest BCUT2D eigenvalue weighted by atomic mass is 9.50. The lowest BCUT2D eigenvalue weighted by molar-refractivity contribution is -0.145. The Balaban J connectivity index is 2.34. The van der Waals surface area contributed by atoms with Gasteiger partial charge < -0.3 is 0 Å². The highest BCUT2D eigenvalue weighted by Gasteiger charge is 2.62. The van der Waals surface area contributed by atoms with E-state index in [1.54, 1.807) is 0 Å². The van der Waals surface area contributed by atoms with Gasteiger partial charge in [-0.15, -0.1) is 0 Å². The molecule has 2 aliphatic rings. The Morgan fingerprint density at radius 2 is 1.92 bits per heavy atom. The van der Waals surface area contributed by atoms with E-state index in [0.29, 0.717) is 6.42 Å². The predicted octanol–water partition coefficient (Wildman–Crippen LogP) is 0.839. The predicted molar refractivity (Wildman–Crippen MR) is 43.2 cm³/mol. The van der Waals surface area contributed by atoms with E-state index in [1.807, 2.05) is 0 Å². The van der Waals surface area contributed by atoms with Crippen molar-refractivity contribution in [3.63, 3.8) is 0 Å². The highest BCUT2D eigenvalue weighted by molar-refractivity contribution is 6.06. The van der Waals surface area contributed by atoms with Crippen LogP contribution in [0.3, 0.4) is 0 Å². The molecule has 0 radical (unpaired) electrons. The number of nitrogens with one attached hydrogen (secondary N) is 1. The Labute approximate surface area is 71.5 Å². The summed E-state index contributed by atoms with van der Waals surface area (Å²) in [6.45, 7) is 4.13. The van der Waals surface area contributed by atoms with Crippen LogP contribution in [0.1, 0.15) is 33.1 Å². The normalized spacial score (nSPS) is 38.2. The SMILES string of the molecule is CC1(C)CCC12CC(=O)NC2=O. The molecule has 3 heteroatoms. The first kappa shape index (κ1) is 7.77. The second-order valence-electron chi connectivity index (χ2n) is 4.52. The van der Waals surface area contributed by atoms with Gasteiger partial charge in [0.1, 0.15) is 0 Å². The Bertz CT molecular complexity index is 270. The molecule has 1 saturated heterocycles. The van der Waals surface area contributed by atoms with Crippen LogP contribution in [0, 0.1) is 10.8 Å². The van der Waals surface area contributed by atoms with Crippen LogP contribution in [0.4, 0.5) is 0 Å². The summed E-state index contributed by atoms with van der Waals surface area (Å²) in [6, 6.07) is 0. The fraction of sp³-hybridized carbons (Fsp3) is 0.778. The number of hydrogen-bond acceptors (Lipinski definition) is 2. The van der Waals surface area contributed by atoms with E-state index < -0.39 is 0 Å². The fourth-order valence-corrected chi connectivity index (χ4v) is 2.32. The minimum Gasteiger partial charge on any atom is -0.296 e. The second kappa shape index (κ2) is 1.90. The average molecular weight is 167 g/mol. The van der Waals surface area contributed by atoms with Gasteiger partial charge in [-0.05, 0) is 18.3 Å². The van der Waals surface area contributed by atoms with E-state index in [-0.39, 0.29) is 22.6 Å². The number of rotatable bonds is 0. The molecule has 3 nitrogen and oxygen atoms in total. The van der Waals surface area contributed by atoms with E-state index in [9.17, 15) is 9.59 Å². The van der Waals surface area contributed by atoms with Crippen molar-refractivity contribution >= 4 is 11.8 Å². The van der Waals surface area contributed by atoms with Crippen LogP contribution in [-0.4, -0.2) is 11.8 Å². The van der Waals surface area contributed by atoms with Crippen LogP contribution < -0.4 is 5.32 Å². The molecule has 1 heterocycles. The van der Waals surface area contributed by atoms with Crippen molar-refractivity contribution in [1.82, 2.24) is 5.32 Å². The molecule has 0 aromatic rings. The topological polar surface area (TPSA) is 46.2 Å². The third-order valence-corrected chi connectivity index (χ3v) is 3.62. The summed E-state index contributed by atoms with van der Waals surface area (Å²) in [5.74, 6) is -0.156. The van der Waals surface area contributed by atoms with Gasteiger partial charge in [-0.3, -0.25) is 14.9 Å². The zero-order chi connectivity index (χ0) is 8.98. The number of carbonyl (C=O) groups is 2. The van der Waals surface area contributed by atoms with E-state index in [4.69, 9.17) is 0 Å². The van der Waals surface area contributed by atoms with E-state index in [1.165, 1.54) is 0 Å². The molecule has 1 unspecified atom stereocenters. The van der Waals surface area contributed by atoms with Crippen LogP contribution in [-0.2, 0) is 9.59 Å². The average Bonchev–Trinajstić information content (AvgIpc) is 2.26. The molecule has 0 bridgehead atoms. The summed E-state index contributed by atoms with van der Waals surface area (Å²) < 4.78 is 0. The van der Waals surface area contributed by atoms with Crippen molar-refractivity contribution in [2.24, 2.45) is 10.8 Å². The molecule has 12 heavy (non-hydrogen) atoms. The van der Waals surface area contributed by atoms with Crippen LogP contribution in [0.25, 0.3) is 0 Å². The Morgan fingerprint density at radius 1 is 1.25 bits per heavy atom. The molecular weight excluding hydrogens is 154 g/mol. The summed E-state index contributed by atoms with van der Waals surface area (Å²) in [5, 5.41) is 2.39. The zero-order valence-corrected chi connectivity index (χ0v) is 7.44. The monoisotopic (exact) mass is 167 g/mol. The third kappa shape index (κ3) is 0.667. The Kier molecular flexibility index (Phi) is 1.23. The third-order valence-electron chi connectivity index (χ3n) is 3.62. The lowest BCUT2D eigenvalue weighted by Crippen LogP contribution is -2.51. The number of amides is 2. The van der Waals surface area contributed by atoms with Gasteiger partial charge >= 0.3 is 0 Å². The number of imide groups is 1. The molecule has 1 N–H and O–H groups in total. The number of carbonyl (C=O) groups excluding carboxylic acids is 2. The van der Waals surface area contributed by atoms with Crippen molar-refractivity contribution in [3.8, 4) is 0 Å². The molecule has 2 rings (SSSR count). The smallest absolute Gasteiger partial charge is 0.233 e. The maximum atomic E-state index is 11.5. The van der Waals surface area contributed by atoms with Gasteiger partial charge in [-0.1, -0.05) is 13.8 Å². The molecule has 1 aliphatic carbocycles. The van der Waals surface area contributed by atoms with Crippen molar-refractivity contribution < 1.29 is 9.59 Å². The summed E-state index contributed by atoms with van der Waals surface area (Å²) in [7, 11) is 0. The van der Waals surface area contributed by atoms with Crippen molar-refractivity contribution in [1.29, 1.82) is 0 Å². The lowest BCUT2D eigenvalue weighted by Gasteiger charge is -2.51. The Morgan fingerprint density at radius 3 is 2.08 bits per heavy atom. The van der Waals surface area contributed by atoms with E-state index in [0.717, 1.165) is 12.8 Å². The summed E-state index contributed by atoms with van der Waals surface area (Å²) in [4.78, 5) is 22.5. The summed E-state index contributed by atoms with van der Waals surface area (Å²) in [5.41, 5.74) is -0.340. The van der Waals surface area contributed by atoms with Crippen molar-refractivity contribution in [2.75, 3.05) is 0 Å². The van der Waals surface area contributed by atoms with Crippen LogP contribution in [0.5, 0.6) is 0 Å². The minimum absolute atomic E-state index is 0.0171. The highest BCUT2D eigenvalue weighted by atomic mass is 16.2. The molecule has 0 aromatic carbocycles. The maximum absolute atomic E-state index is 11.5. The van der Waals surface area contributed by atoms with E-state index in [2.05, 4.69) is 19.2 Å². The van der Waals surface area contributed by atoms with Crippen LogP contribution in [0.15, 0.2) is 0 Å². The first-order valence-corrected chi connectivity index (χ1v) is 4.32. The van der Waals surface area contributed by atoms with Crippen molar-refractivity contribution in [2.45, 2.75) is 33.1 Å². The molecule has 1 spiro atoms. The zero-order valence-electron chi connectivity index (χ0n) is 7.44. The highest BCUT2D eigenvalue weighted by Crippen LogP contribution is 2.60. The first-order valence-electron chi connectivity index (χ1n) is 4.32. The first-order chi connectivity index (χ1) is 5.48. The molecule has 1 atom stereocenters. The van der Waals surface area contributed by atoms with Gasteiger partial charge in [0.2, 0.25) is 11.8 Å². The number of hydrogen-bond donors (Lipinski definition) is 1. The van der Waals surface area contributed by atoms with E-state index >= 15 is 0 Å². The van der Waals surface area contributed by atoms with Gasteiger partial charge in [0.25, 0.3) is 0 Å². The molecule has 1 aliphatic heterocycles. The quantitative estimate of drug-likeness (QED) is 0.543. The molecule has 1 saturated carbocycles. The summed E-state index contributed by atoms with van der Waals surface area (Å²) >= 11 is 0. The van der Waals surface area contributed by atoms with Crippen LogP contribution in [0.2, 0.25) is 0 Å². The van der Waals surface area contributed by atoms with Gasteiger partial charge in [-0.2, -0.15) is 0 Å². The second-order valence-corrected chi connectivity index (χ2v) is 4.52. The molecule has 2 amide bonds. The molecular formula is C9H13NO2. The van der Waals surface area contributed by atoms with Gasteiger partial charge in [0.05, 0.1) is 5.41 Å². The minimum atomic E-state index is -0.357. The largest absolute Gasteiger partial charge is 0.296 e. The van der Waals surface area contributed by atoms with Crippen molar-refractivity contribution in [3.05, 3.63) is 0 Å². The maximum Gasteiger partial charge on any atom is 0.233 e. The molecule has 2 fully saturated rings. The Hall–Kier alpha value is -0.860. The van der Waals surface area contributed by atoms with Gasteiger partial charge in [0.15, 0.2) is 0 Å². The van der Waals surface area contributed by atoms with Gasteiger partial charge in [-0.25, -0.2) is 0 Å². The molecule has 0 aromatic heterocycles. The fourth-order valence-electron chi connectivity index (χ4n) is 2.32.